The summed E-state index contributed by atoms with van der Waals surface area (Å²) in [5, 5.41) is 16.2. The second-order valence-corrected chi connectivity index (χ2v) is 7.72. The fourth-order valence-corrected chi connectivity index (χ4v) is 3.61. The summed E-state index contributed by atoms with van der Waals surface area (Å²) >= 11 is 0. The Balaban J connectivity index is 1.59. The molecule has 1 atom stereocenters. The van der Waals surface area contributed by atoms with E-state index >= 15 is 0 Å². The zero-order chi connectivity index (χ0) is 21.1. The molecule has 7 heteroatoms. The van der Waals surface area contributed by atoms with Crippen molar-refractivity contribution in [3.05, 3.63) is 59.5 Å². The molecule has 2 aromatic carbocycles. The minimum atomic E-state index is -0.578. The molecule has 7 nitrogen and oxygen atoms in total. The summed E-state index contributed by atoms with van der Waals surface area (Å²) in [6.45, 7) is 6.62. The highest BCUT2D eigenvalue weighted by Crippen LogP contribution is 2.39. The maximum Gasteiger partial charge on any atom is 0.238 e. The molecule has 152 valence electrons. The number of anilines is 1. The molecule has 0 radical (unpaired) electrons. The number of fused-ring (bicyclic) bond motifs is 2. The molecule has 1 aliphatic heterocycles. The number of nitrogens with zero attached hydrogens (tertiary/aromatic N) is 3. The van der Waals surface area contributed by atoms with E-state index in [9.17, 15) is 10.1 Å². The van der Waals surface area contributed by atoms with Crippen molar-refractivity contribution in [3.63, 3.8) is 0 Å². The zero-order valence-electron chi connectivity index (χ0n) is 17.0. The first-order valence-corrected chi connectivity index (χ1v) is 10.00. The summed E-state index contributed by atoms with van der Waals surface area (Å²) in [6.07, 6.45) is 1.46. The number of nitrogens with one attached hydrogen (secondary N) is 2. The molecule has 30 heavy (non-hydrogen) atoms. The van der Waals surface area contributed by atoms with Gasteiger partial charge in [0.25, 0.3) is 0 Å². The number of benzene rings is 2. The van der Waals surface area contributed by atoms with Gasteiger partial charge in [0.05, 0.1) is 22.8 Å². The molecule has 0 fully saturated rings. The molecule has 4 rings (SSSR count). The minimum absolute atomic E-state index is 0.156. The Labute approximate surface area is 175 Å². The second-order valence-electron chi connectivity index (χ2n) is 7.72. The highest BCUT2D eigenvalue weighted by Gasteiger charge is 2.34. The minimum Gasteiger partial charge on any atom is -0.492 e. The summed E-state index contributed by atoms with van der Waals surface area (Å²) in [5.41, 5.74) is 3.32. The number of amides is 1. The number of carbonyl (C=O) groups excluding carboxylic acids is 1. The molecule has 0 saturated heterocycles. The number of hydrogen-bond donors (Lipinski definition) is 2. The van der Waals surface area contributed by atoms with Gasteiger partial charge < -0.3 is 15.4 Å². The van der Waals surface area contributed by atoms with E-state index in [2.05, 4.69) is 40.5 Å². The Hall–Kier alpha value is -3.50. The van der Waals surface area contributed by atoms with Crippen LogP contribution in [0.2, 0.25) is 0 Å². The number of hydrogen-bond acceptors (Lipinski definition) is 6. The maximum absolute atomic E-state index is 12.7. The smallest absolute Gasteiger partial charge is 0.238 e. The van der Waals surface area contributed by atoms with E-state index < -0.39 is 5.92 Å². The fourth-order valence-electron chi connectivity index (χ4n) is 3.61. The predicted molar refractivity (Wildman–Crippen MR) is 114 cm³/mol. The van der Waals surface area contributed by atoms with Gasteiger partial charge in [-0.1, -0.05) is 13.8 Å². The third kappa shape index (κ3) is 3.95. The summed E-state index contributed by atoms with van der Waals surface area (Å²) in [7, 11) is 0. The molecule has 1 amide bonds. The van der Waals surface area contributed by atoms with Crippen molar-refractivity contribution in [2.45, 2.75) is 19.8 Å². The number of ether oxygens (including phenoxy) is 1. The molecule has 2 N–H and O–H groups in total. The molecule has 3 aromatic rings. The Kier molecular flexibility index (Phi) is 5.59. The van der Waals surface area contributed by atoms with Crippen LogP contribution >= 0.6 is 0 Å². The van der Waals surface area contributed by atoms with E-state index in [4.69, 9.17) is 4.74 Å². The van der Waals surface area contributed by atoms with Crippen LogP contribution in [0.25, 0.3) is 10.9 Å². The molecule has 2 heterocycles. The van der Waals surface area contributed by atoms with Crippen LogP contribution in [0.5, 0.6) is 5.75 Å². The first-order chi connectivity index (χ1) is 14.6. The van der Waals surface area contributed by atoms with Crippen LogP contribution in [0.4, 0.5) is 5.69 Å². The lowest BCUT2D eigenvalue weighted by Crippen LogP contribution is -2.24. The Bertz CT molecular complexity index is 1140. The van der Waals surface area contributed by atoms with E-state index in [0.717, 1.165) is 29.8 Å². The third-order valence-corrected chi connectivity index (χ3v) is 5.02. The summed E-state index contributed by atoms with van der Waals surface area (Å²) in [6, 6.07) is 13.0. The van der Waals surface area contributed by atoms with E-state index in [1.54, 1.807) is 18.2 Å². The summed E-state index contributed by atoms with van der Waals surface area (Å²) in [4.78, 5) is 21.5. The van der Waals surface area contributed by atoms with Crippen LogP contribution in [-0.4, -0.2) is 35.6 Å². The quantitative estimate of drug-likeness (QED) is 0.590. The van der Waals surface area contributed by atoms with E-state index in [-0.39, 0.29) is 5.91 Å². The van der Waals surface area contributed by atoms with Crippen LogP contribution < -0.4 is 15.4 Å². The number of carbonyl (C=O) groups is 1. The van der Waals surface area contributed by atoms with Crippen molar-refractivity contribution in [2.75, 3.05) is 25.0 Å². The Morgan fingerprint density at radius 1 is 1.23 bits per heavy atom. The average molecular weight is 401 g/mol. The van der Waals surface area contributed by atoms with Gasteiger partial charge in [-0.3, -0.25) is 4.79 Å². The number of nitriles is 1. The van der Waals surface area contributed by atoms with E-state index in [0.29, 0.717) is 35.0 Å². The largest absolute Gasteiger partial charge is 0.492 e. The number of rotatable bonds is 7. The standard InChI is InChI=1S/C23H23N5O2/c1-14(2)12-25-7-8-30-16-4-5-17-20(10-16)26-13-27-22(17)21-18-9-15(11-24)3-6-19(18)28-23(21)29/h3-6,9-10,13-14,21,25H,7-8,12H2,1-2H3,(H,28,29). The van der Waals surface area contributed by atoms with Crippen molar-refractivity contribution in [3.8, 4) is 11.8 Å². The van der Waals surface area contributed by atoms with Crippen LogP contribution in [0.3, 0.4) is 0 Å². The maximum atomic E-state index is 12.7. The first-order valence-electron chi connectivity index (χ1n) is 10.00. The molecule has 0 spiro atoms. The monoisotopic (exact) mass is 401 g/mol. The molecule has 0 aliphatic carbocycles. The highest BCUT2D eigenvalue weighted by molar-refractivity contribution is 6.06. The van der Waals surface area contributed by atoms with E-state index in [1.807, 2.05) is 18.2 Å². The molecular formula is C23H23N5O2. The van der Waals surface area contributed by atoms with Crippen molar-refractivity contribution < 1.29 is 9.53 Å². The van der Waals surface area contributed by atoms with Gasteiger partial charge in [0.15, 0.2) is 0 Å². The van der Waals surface area contributed by atoms with E-state index in [1.165, 1.54) is 6.33 Å². The highest BCUT2D eigenvalue weighted by atomic mass is 16.5. The van der Waals surface area contributed by atoms with Crippen molar-refractivity contribution >= 4 is 22.5 Å². The van der Waals surface area contributed by atoms with Gasteiger partial charge in [0.2, 0.25) is 5.91 Å². The Morgan fingerprint density at radius 3 is 2.90 bits per heavy atom. The molecule has 1 unspecified atom stereocenters. The predicted octanol–water partition coefficient (Wildman–Crippen LogP) is 3.21. The number of aromatic nitrogens is 2. The SMILES string of the molecule is CC(C)CNCCOc1ccc2c(C3C(=O)Nc4ccc(C#N)cc43)ncnc2c1. The Morgan fingerprint density at radius 2 is 2.10 bits per heavy atom. The third-order valence-electron chi connectivity index (χ3n) is 5.02. The topological polar surface area (TPSA) is 99.9 Å². The van der Waals surface area contributed by atoms with Gasteiger partial charge in [-0.25, -0.2) is 9.97 Å². The second kappa shape index (κ2) is 8.47. The lowest BCUT2D eigenvalue weighted by Gasteiger charge is -2.13. The van der Waals surface area contributed by atoms with Gasteiger partial charge in [-0.15, -0.1) is 0 Å². The molecule has 0 bridgehead atoms. The van der Waals surface area contributed by atoms with Gasteiger partial charge in [-0.2, -0.15) is 5.26 Å². The van der Waals surface area contributed by atoms with Gasteiger partial charge in [0.1, 0.15) is 24.6 Å². The lowest BCUT2D eigenvalue weighted by molar-refractivity contribution is -0.116. The molecular weight excluding hydrogens is 378 g/mol. The van der Waals surface area contributed by atoms with Gasteiger partial charge in [-0.05, 0) is 48.4 Å². The van der Waals surface area contributed by atoms with Crippen molar-refractivity contribution in [2.24, 2.45) is 5.92 Å². The van der Waals surface area contributed by atoms with Crippen LogP contribution in [0.1, 0.15) is 36.6 Å². The zero-order valence-corrected chi connectivity index (χ0v) is 17.0. The fraction of sp³-hybridized carbons (Fsp3) is 0.304. The molecule has 1 aromatic heterocycles. The van der Waals surface area contributed by atoms with Crippen LogP contribution in [0.15, 0.2) is 42.7 Å². The summed E-state index contributed by atoms with van der Waals surface area (Å²) < 4.78 is 5.83. The van der Waals surface area contributed by atoms with Crippen LogP contribution in [0, 0.1) is 17.2 Å². The molecule has 1 aliphatic rings. The van der Waals surface area contributed by atoms with Gasteiger partial charge in [0, 0.05) is 23.7 Å². The lowest BCUT2D eigenvalue weighted by atomic mass is 9.93. The van der Waals surface area contributed by atoms with Crippen molar-refractivity contribution in [1.82, 2.24) is 15.3 Å². The van der Waals surface area contributed by atoms with Gasteiger partial charge >= 0.3 is 0 Å². The van der Waals surface area contributed by atoms with Crippen molar-refractivity contribution in [1.29, 1.82) is 5.26 Å². The van der Waals surface area contributed by atoms with Crippen LogP contribution in [-0.2, 0) is 4.79 Å². The first kappa shape index (κ1) is 19.8. The normalized spacial score (nSPS) is 15.1. The summed E-state index contributed by atoms with van der Waals surface area (Å²) in [5.74, 6) is 0.590. The average Bonchev–Trinajstić information content (AvgIpc) is 3.07. The molecule has 0 saturated carbocycles.